The summed E-state index contributed by atoms with van der Waals surface area (Å²) < 4.78 is 1.83. The molecule has 5 heteroatoms. The molecule has 1 N–H and O–H groups in total. The van der Waals surface area contributed by atoms with E-state index in [1.54, 1.807) is 0 Å². The molecule has 0 bridgehead atoms. The fraction of sp³-hybridized carbons (Fsp3) is 0.500. The molecule has 1 saturated carbocycles. The maximum Gasteiger partial charge on any atom is 0.251 e. The van der Waals surface area contributed by atoms with E-state index in [-0.39, 0.29) is 5.91 Å². The Hall–Kier alpha value is -0.000000000000000111. The number of thioether (sulfide) groups is 1. The molecule has 0 aromatic heterocycles. The standard InChI is InChI=1S/C14H17Br2NOS/c1-2-19-13-4-3-12(8-13)17-14(18)9-5-10(15)7-11(16)6-9/h5-7,12-13H,2-4,8H2,1H3,(H,17,18). The van der Waals surface area contributed by atoms with Gasteiger partial charge in [-0.3, -0.25) is 4.79 Å². The number of halogens is 2. The first kappa shape index (κ1) is 15.4. The highest BCUT2D eigenvalue weighted by Gasteiger charge is 2.26. The lowest BCUT2D eigenvalue weighted by molar-refractivity contribution is 0.0938. The van der Waals surface area contributed by atoms with Gasteiger partial charge in [0, 0.05) is 25.8 Å². The second-order valence-corrected chi connectivity index (χ2v) is 8.13. The van der Waals surface area contributed by atoms with Crippen molar-refractivity contribution in [1.29, 1.82) is 0 Å². The molecule has 0 aliphatic heterocycles. The molecule has 19 heavy (non-hydrogen) atoms. The topological polar surface area (TPSA) is 29.1 Å². The van der Waals surface area contributed by atoms with Crippen LogP contribution in [0.25, 0.3) is 0 Å². The van der Waals surface area contributed by atoms with Crippen LogP contribution in [-0.2, 0) is 0 Å². The van der Waals surface area contributed by atoms with Gasteiger partial charge in [0.1, 0.15) is 0 Å². The van der Waals surface area contributed by atoms with E-state index in [0.717, 1.165) is 27.5 Å². The van der Waals surface area contributed by atoms with Crippen molar-refractivity contribution < 1.29 is 4.79 Å². The highest BCUT2D eigenvalue weighted by atomic mass is 79.9. The van der Waals surface area contributed by atoms with Crippen molar-refractivity contribution >= 4 is 49.5 Å². The minimum atomic E-state index is 0.0224. The zero-order valence-electron chi connectivity index (χ0n) is 10.8. The van der Waals surface area contributed by atoms with Gasteiger partial charge in [0.15, 0.2) is 0 Å². The van der Waals surface area contributed by atoms with Gasteiger partial charge in [-0.1, -0.05) is 38.8 Å². The SMILES string of the molecule is CCSC1CCC(NC(=O)c2cc(Br)cc(Br)c2)C1. The molecule has 2 atom stereocenters. The summed E-state index contributed by atoms with van der Waals surface area (Å²) in [4.78, 5) is 12.2. The Morgan fingerprint density at radius 3 is 2.63 bits per heavy atom. The van der Waals surface area contributed by atoms with Gasteiger partial charge in [-0.2, -0.15) is 11.8 Å². The first-order valence-electron chi connectivity index (χ1n) is 6.47. The predicted molar refractivity (Wildman–Crippen MR) is 88.9 cm³/mol. The maximum atomic E-state index is 12.2. The molecule has 1 fully saturated rings. The van der Waals surface area contributed by atoms with Gasteiger partial charge in [-0.25, -0.2) is 0 Å². The minimum Gasteiger partial charge on any atom is -0.349 e. The Kier molecular flexibility index (Phi) is 5.78. The van der Waals surface area contributed by atoms with Gasteiger partial charge in [0.2, 0.25) is 0 Å². The number of hydrogen-bond donors (Lipinski definition) is 1. The first-order chi connectivity index (χ1) is 9.08. The lowest BCUT2D eigenvalue weighted by Gasteiger charge is -2.13. The largest absolute Gasteiger partial charge is 0.349 e. The lowest BCUT2D eigenvalue weighted by Crippen LogP contribution is -2.33. The zero-order chi connectivity index (χ0) is 13.8. The molecule has 1 aromatic carbocycles. The van der Waals surface area contributed by atoms with Gasteiger partial charge in [-0.15, -0.1) is 0 Å². The molecule has 1 aromatic rings. The van der Waals surface area contributed by atoms with Crippen LogP contribution in [0.3, 0.4) is 0 Å². The van der Waals surface area contributed by atoms with E-state index >= 15 is 0 Å². The molecular weight excluding hydrogens is 390 g/mol. The number of carbonyl (C=O) groups excluding carboxylic acids is 1. The third kappa shape index (κ3) is 4.50. The summed E-state index contributed by atoms with van der Waals surface area (Å²) in [5.41, 5.74) is 0.702. The molecule has 0 spiro atoms. The van der Waals surface area contributed by atoms with E-state index < -0.39 is 0 Å². The zero-order valence-corrected chi connectivity index (χ0v) is 14.8. The number of amides is 1. The van der Waals surface area contributed by atoms with Crippen LogP contribution in [0.1, 0.15) is 36.5 Å². The molecule has 0 heterocycles. The summed E-state index contributed by atoms with van der Waals surface area (Å²) in [6.45, 7) is 2.19. The minimum absolute atomic E-state index is 0.0224. The Morgan fingerprint density at radius 1 is 1.32 bits per heavy atom. The van der Waals surface area contributed by atoms with E-state index in [9.17, 15) is 4.79 Å². The van der Waals surface area contributed by atoms with E-state index in [1.807, 2.05) is 30.0 Å². The normalized spacial score (nSPS) is 22.5. The van der Waals surface area contributed by atoms with Crippen molar-refractivity contribution in [2.24, 2.45) is 0 Å². The van der Waals surface area contributed by atoms with Gasteiger partial charge >= 0.3 is 0 Å². The third-order valence-corrected chi connectivity index (χ3v) is 5.40. The Morgan fingerprint density at radius 2 is 2.00 bits per heavy atom. The van der Waals surface area contributed by atoms with Crippen molar-refractivity contribution in [3.63, 3.8) is 0 Å². The lowest BCUT2D eigenvalue weighted by atomic mass is 10.2. The maximum absolute atomic E-state index is 12.2. The Balaban J connectivity index is 1.94. The number of nitrogens with one attached hydrogen (secondary N) is 1. The van der Waals surface area contributed by atoms with E-state index in [2.05, 4.69) is 44.1 Å². The summed E-state index contributed by atoms with van der Waals surface area (Å²) in [7, 11) is 0. The molecule has 2 unspecified atom stereocenters. The summed E-state index contributed by atoms with van der Waals surface area (Å²) >= 11 is 8.83. The van der Waals surface area contributed by atoms with Crippen molar-refractivity contribution in [1.82, 2.24) is 5.32 Å². The Bertz CT molecular complexity index is 447. The Labute approximate surface area is 135 Å². The van der Waals surface area contributed by atoms with Crippen molar-refractivity contribution in [3.05, 3.63) is 32.7 Å². The van der Waals surface area contributed by atoms with E-state index in [0.29, 0.717) is 16.9 Å². The molecule has 2 nitrogen and oxygen atoms in total. The van der Waals surface area contributed by atoms with Gasteiger partial charge < -0.3 is 5.32 Å². The molecule has 0 saturated heterocycles. The smallest absolute Gasteiger partial charge is 0.251 e. The van der Waals surface area contributed by atoms with Crippen molar-refractivity contribution in [2.45, 2.75) is 37.5 Å². The summed E-state index contributed by atoms with van der Waals surface area (Å²) in [6, 6.07) is 5.97. The van der Waals surface area contributed by atoms with Crippen molar-refractivity contribution in [2.75, 3.05) is 5.75 Å². The van der Waals surface area contributed by atoms with Crippen LogP contribution < -0.4 is 5.32 Å². The van der Waals surface area contributed by atoms with Crippen LogP contribution in [0.15, 0.2) is 27.1 Å². The van der Waals surface area contributed by atoms with E-state index in [1.165, 1.54) is 6.42 Å². The van der Waals surface area contributed by atoms with Crippen LogP contribution in [0.5, 0.6) is 0 Å². The molecular formula is C14H17Br2NOS. The highest BCUT2D eigenvalue weighted by Crippen LogP contribution is 2.30. The van der Waals surface area contributed by atoms with Crippen LogP contribution in [0.4, 0.5) is 0 Å². The number of rotatable bonds is 4. The molecule has 2 rings (SSSR count). The average molecular weight is 407 g/mol. The van der Waals surface area contributed by atoms with Crippen LogP contribution >= 0.6 is 43.6 Å². The van der Waals surface area contributed by atoms with Crippen LogP contribution in [0.2, 0.25) is 0 Å². The molecule has 1 aliphatic rings. The van der Waals surface area contributed by atoms with Gasteiger partial charge in [-0.05, 0) is 43.2 Å². The summed E-state index contributed by atoms with van der Waals surface area (Å²) in [6.07, 6.45) is 3.41. The van der Waals surface area contributed by atoms with E-state index in [4.69, 9.17) is 0 Å². The van der Waals surface area contributed by atoms with Crippen LogP contribution in [-0.4, -0.2) is 23.0 Å². The van der Waals surface area contributed by atoms with Gasteiger partial charge in [0.05, 0.1) is 0 Å². The quantitative estimate of drug-likeness (QED) is 0.790. The second-order valence-electron chi connectivity index (χ2n) is 4.72. The number of benzene rings is 1. The first-order valence-corrected chi connectivity index (χ1v) is 9.10. The molecule has 104 valence electrons. The number of carbonyl (C=O) groups is 1. The van der Waals surface area contributed by atoms with Gasteiger partial charge in [0.25, 0.3) is 5.91 Å². The summed E-state index contributed by atoms with van der Waals surface area (Å²) in [5.74, 6) is 1.18. The predicted octanol–water partition coefficient (Wildman–Crippen LogP) is 4.62. The molecule has 0 radical (unpaired) electrons. The highest BCUT2D eigenvalue weighted by molar-refractivity contribution is 9.11. The third-order valence-electron chi connectivity index (χ3n) is 3.25. The second kappa shape index (κ2) is 7.14. The molecule has 1 aliphatic carbocycles. The monoisotopic (exact) mass is 405 g/mol. The summed E-state index contributed by atoms with van der Waals surface area (Å²) in [5, 5.41) is 3.86. The fourth-order valence-electron chi connectivity index (χ4n) is 2.41. The van der Waals surface area contributed by atoms with Crippen LogP contribution in [0, 0.1) is 0 Å². The fourth-order valence-corrected chi connectivity index (χ4v) is 4.85. The molecule has 1 amide bonds. The van der Waals surface area contributed by atoms with Crippen molar-refractivity contribution in [3.8, 4) is 0 Å². The number of hydrogen-bond acceptors (Lipinski definition) is 2. The average Bonchev–Trinajstić information content (AvgIpc) is 2.76.